The zero-order valence-electron chi connectivity index (χ0n) is 20.9. The lowest BCUT2D eigenvalue weighted by Crippen LogP contribution is -2.31. The van der Waals surface area contributed by atoms with Crippen LogP contribution >= 0.6 is 11.6 Å². The van der Waals surface area contributed by atoms with Crippen LogP contribution in [0.4, 0.5) is 5.69 Å². The maximum Gasteiger partial charge on any atom is 0.259 e. The van der Waals surface area contributed by atoms with Gasteiger partial charge in [-0.05, 0) is 73.0 Å². The zero-order chi connectivity index (χ0) is 27.0. The fourth-order valence-electron chi connectivity index (χ4n) is 4.53. The standard InChI is InChI=1S/C30H25ClN2O4S/c1-19-7-8-20(2)23(15-19)18-33-26-16-22(29(34)32-17-21-9-12-24(31)13-10-21)11-14-28(26)38(36,37)27-6-4-3-5-25(27)30(33)35/h3-16H,17-18H2,1-2H3,(H,32,34). The van der Waals surface area contributed by atoms with Crippen molar-refractivity contribution in [3.63, 3.8) is 0 Å². The van der Waals surface area contributed by atoms with Crippen LogP contribution in [0, 0.1) is 13.8 Å². The van der Waals surface area contributed by atoms with Gasteiger partial charge in [0.1, 0.15) is 0 Å². The number of rotatable bonds is 5. The molecule has 0 radical (unpaired) electrons. The smallest absolute Gasteiger partial charge is 0.259 e. The van der Waals surface area contributed by atoms with Crippen LogP contribution in [0.25, 0.3) is 0 Å². The van der Waals surface area contributed by atoms with E-state index in [9.17, 15) is 18.0 Å². The molecule has 0 spiro atoms. The van der Waals surface area contributed by atoms with Crippen LogP contribution in [0.1, 0.15) is 43.0 Å². The van der Waals surface area contributed by atoms with Gasteiger partial charge in [-0.15, -0.1) is 0 Å². The number of benzene rings is 4. The SMILES string of the molecule is Cc1ccc(C)c(CN2C(=O)c3ccccc3S(=O)(=O)c3ccc(C(=O)NCc4ccc(Cl)cc4)cc32)c1. The van der Waals surface area contributed by atoms with E-state index in [-0.39, 0.29) is 45.6 Å². The number of nitrogens with zero attached hydrogens (tertiary/aromatic N) is 1. The molecule has 4 aromatic carbocycles. The molecule has 0 aromatic heterocycles. The summed E-state index contributed by atoms with van der Waals surface area (Å²) in [6.07, 6.45) is 0. The molecule has 192 valence electrons. The number of amides is 2. The van der Waals surface area contributed by atoms with Crippen molar-refractivity contribution < 1.29 is 18.0 Å². The fraction of sp³-hybridized carbons (Fsp3) is 0.133. The highest BCUT2D eigenvalue weighted by molar-refractivity contribution is 7.91. The second kappa shape index (κ2) is 10.1. The van der Waals surface area contributed by atoms with Crippen LogP contribution < -0.4 is 10.2 Å². The van der Waals surface area contributed by atoms with E-state index in [1.807, 2.05) is 44.2 Å². The van der Waals surface area contributed by atoms with E-state index in [4.69, 9.17) is 11.6 Å². The summed E-state index contributed by atoms with van der Waals surface area (Å²) < 4.78 is 27.4. The molecule has 0 saturated carbocycles. The number of carbonyl (C=O) groups is 2. The predicted molar refractivity (Wildman–Crippen MR) is 147 cm³/mol. The number of anilines is 1. The van der Waals surface area contributed by atoms with Crippen LogP contribution in [0.5, 0.6) is 0 Å². The molecule has 0 fully saturated rings. The molecule has 0 atom stereocenters. The fourth-order valence-corrected chi connectivity index (χ4v) is 6.29. The molecule has 5 rings (SSSR count). The van der Waals surface area contributed by atoms with Crippen molar-refractivity contribution in [2.45, 2.75) is 36.7 Å². The Balaban J connectivity index is 1.59. The highest BCUT2D eigenvalue weighted by atomic mass is 35.5. The van der Waals surface area contributed by atoms with Crippen LogP contribution in [-0.4, -0.2) is 20.2 Å². The first-order chi connectivity index (χ1) is 18.1. The Morgan fingerprint density at radius 3 is 2.39 bits per heavy atom. The molecule has 1 N–H and O–H groups in total. The average Bonchev–Trinajstić information content (AvgIpc) is 2.98. The lowest BCUT2D eigenvalue weighted by Gasteiger charge is -2.24. The molecule has 0 bridgehead atoms. The van der Waals surface area contributed by atoms with Crippen molar-refractivity contribution in [2.24, 2.45) is 0 Å². The number of halogens is 1. The minimum atomic E-state index is -4.02. The molecule has 0 unspecified atom stereocenters. The zero-order valence-corrected chi connectivity index (χ0v) is 22.4. The number of hydrogen-bond acceptors (Lipinski definition) is 4. The van der Waals surface area contributed by atoms with Crippen molar-refractivity contribution in [3.05, 3.63) is 123 Å². The van der Waals surface area contributed by atoms with E-state index < -0.39 is 15.7 Å². The molecule has 1 heterocycles. The molecule has 2 amide bonds. The van der Waals surface area contributed by atoms with Gasteiger partial charge in [0.25, 0.3) is 11.8 Å². The van der Waals surface area contributed by atoms with Crippen molar-refractivity contribution in [1.82, 2.24) is 5.32 Å². The van der Waals surface area contributed by atoms with Gasteiger partial charge in [0, 0.05) is 17.1 Å². The van der Waals surface area contributed by atoms with Gasteiger partial charge in [-0.25, -0.2) is 8.42 Å². The molecule has 0 aliphatic carbocycles. The van der Waals surface area contributed by atoms with E-state index in [1.165, 1.54) is 35.2 Å². The molecule has 38 heavy (non-hydrogen) atoms. The maximum absolute atomic E-state index is 13.9. The summed E-state index contributed by atoms with van der Waals surface area (Å²) >= 11 is 5.94. The molecule has 6 nitrogen and oxygen atoms in total. The Bertz CT molecular complexity index is 1680. The predicted octanol–water partition coefficient (Wildman–Crippen LogP) is 5.88. The van der Waals surface area contributed by atoms with Crippen molar-refractivity contribution in [3.8, 4) is 0 Å². The van der Waals surface area contributed by atoms with Crippen molar-refractivity contribution >= 4 is 38.9 Å². The summed E-state index contributed by atoms with van der Waals surface area (Å²) in [6, 6.07) is 23.6. The topological polar surface area (TPSA) is 83.6 Å². The number of nitrogens with one attached hydrogen (secondary N) is 1. The quantitative estimate of drug-likeness (QED) is 0.340. The minimum Gasteiger partial charge on any atom is -0.348 e. The van der Waals surface area contributed by atoms with Gasteiger partial charge >= 0.3 is 0 Å². The number of fused-ring (bicyclic) bond motifs is 2. The third kappa shape index (κ3) is 4.83. The van der Waals surface area contributed by atoms with Crippen LogP contribution in [0.3, 0.4) is 0 Å². The summed E-state index contributed by atoms with van der Waals surface area (Å²) in [5.41, 5.74) is 4.27. The summed E-state index contributed by atoms with van der Waals surface area (Å²) in [5.74, 6) is -0.830. The largest absolute Gasteiger partial charge is 0.348 e. The Morgan fingerprint density at radius 1 is 0.895 bits per heavy atom. The molecule has 8 heteroatoms. The third-order valence-corrected chi connectivity index (χ3v) is 8.76. The van der Waals surface area contributed by atoms with E-state index in [0.717, 1.165) is 22.3 Å². The summed E-state index contributed by atoms with van der Waals surface area (Å²) in [7, 11) is -4.02. The maximum atomic E-state index is 13.9. The number of sulfone groups is 1. The van der Waals surface area contributed by atoms with E-state index in [0.29, 0.717) is 5.02 Å². The van der Waals surface area contributed by atoms with Gasteiger partial charge in [0.15, 0.2) is 0 Å². The molecule has 0 saturated heterocycles. The van der Waals surface area contributed by atoms with E-state index in [2.05, 4.69) is 5.32 Å². The van der Waals surface area contributed by atoms with Crippen molar-refractivity contribution in [1.29, 1.82) is 0 Å². The Labute approximate surface area is 226 Å². The van der Waals surface area contributed by atoms with Gasteiger partial charge in [-0.1, -0.05) is 59.6 Å². The Kier molecular flexibility index (Phi) is 6.82. The first-order valence-corrected chi connectivity index (χ1v) is 13.9. The number of hydrogen-bond donors (Lipinski definition) is 1. The summed E-state index contributed by atoms with van der Waals surface area (Å²) in [6.45, 7) is 4.33. The molecule has 1 aliphatic rings. The van der Waals surface area contributed by atoms with Crippen LogP contribution in [-0.2, 0) is 22.9 Å². The first-order valence-electron chi connectivity index (χ1n) is 12.0. The van der Waals surface area contributed by atoms with Crippen LogP contribution in [0.15, 0.2) is 94.7 Å². The van der Waals surface area contributed by atoms with Gasteiger partial charge in [0.2, 0.25) is 9.84 Å². The molecular formula is C30H25ClN2O4S. The lowest BCUT2D eigenvalue weighted by molar-refractivity contribution is 0.0947. The number of aryl methyl sites for hydroxylation is 2. The van der Waals surface area contributed by atoms with Gasteiger partial charge in [0.05, 0.1) is 27.6 Å². The van der Waals surface area contributed by atoms with Crippen molar-refractivity contribution in [2.75, 3.05) is 4.90 Å². The lowest BCUT2D eigenvalue weighted by atomic mass is 10.0. The van der Waals surface area contributed by atoms with Crippen LogP contribution in [0.2, 0.25) is 5.02 Å². The van der Waals surface area contributed by atoms with E-state index in [1.54, 1.807) is 24.3 Å². The second-order valence-corrected chi connectivity index (χ2v) is 11.6. The third-order valence-electron chi connectivity index (χ3n) is 6.65. The van der Waals surface area contributed by atoms with E-state index >= 15 is 0 Å². The highest BCUT2D eigenvalue weighted by Gasteiger charge is 2.36. The average molecular weight is 545 g/mol. The van der Waals surface area contributed by atoms with Gasteiger partial charge in [-0.2, -0.15) is 0 Å². The molecule has 4 aromatic rings. The normalized spacial score (nSPS) is 13.9. The Hall–Kier alpha value is -3.94. The molecule has 1 aliphatic heterocycles. The van der Waals surface area contributed by atoms with Gasteiger partial charge < -0.3 is 10.2 Å². The molecular weight excluding hydrogens is 520 g/mol. The first kappa shape index (κ1) is 25.7. The summed E-state index contributed by atoms with van der Waals surface area (Å²) in [5, 5.41) is 3.45. The number of carbonyl (C=O) groups excluding carboxylic acids is 2. The second-order valence-electron chi connectivity index (χ2n) is 9.31. The summed E-state index contributed by atoms with van der Waals surface area (Å²) in [4.78, 5) is 28.3. The minimum absolute atomic E-state index is 0.0182. The Morgan fingerprint density at radius 2 is 1.63 bits per heavy atom. The highest BCUT2D eigenvalue weighted by Crippen LogP contribution is 2.38. The monoisotopic (exact) mass is 544 g/mol. The van der Waals surface area contributed by atoms with Gasteiger partial charge in [-0.3, -0.25) is 9.59 Å².